The summed E-state index contributed by atoms with van der Waals surface area (Å²) in [6.07, 6.45) is 0. The topological polar surface area (TPSA) is 79.5 Å². The number of benzene rings is 3. The summed E-state index contributed by atoms with van der Waals surface area (Å²) in [5.41, 5.74) is 2.46. The SMILES string of the molecule is COc1ccccc1NC(=O)c1ccc(NC(=O)CNC(c2ccc(F)cc2)c2cccs2)cc1. The molecule has 6 nitrogen and oxygen atoms in total. The fraction of sp³-hybridized carbons (Fsp3) is 0.111. The largest absolute Gasteiger partial charge is 0.495 e. The molecule has 0 saturated heterocycles. The fourth-order valence-corrected chi connectivity index (χ4v) is 4.37. The molecular formula is C27H24FN3O3S. The Morgan fingerprint density at radius 3 is 2.34 bits per heavy atom. The van der Waals surface area contributed by atoms with Gasteiger partial charge in [0.05, 0.1) is 25.4 Å². The van der Waals surface area contributed by atoms with Crippen molar-refractivity contribution in [2.24, 2.45) is 0 Å². The van der Waals surface area contributed by atoms with Gasteiger partial charge in [0.15, 0.2) is 0 Å². The maximum absolute atomic E-state index is 13.4. The maximum atomic E-state index is 13.4. The first-order chi connectivity index (χ1) is 17.0. The summed E-state index contributed by atoms with van der Waals surface area (Å²) < 4.78 is 18.6. The van der Waals surface area contributed by atoms with Gasteiger partial charge < -0.3 is 15.4 Å². The van der Waals surface area contributed by atoms with E-state index in [1.54, 1.807) is 67.0 Å². The number of carbonyl (C=O) groups is 2. The average molecular weight is 490 g/mol. The molecule has 0 spiro atoms. The molecule has 0 aliphatic heterocycles. The Balaban J connectivity index is 1.35. The molecule has 3 aromatic carbocycles. The van der Waals surface area contributed by atoms with Gasteiger partial charge in [0.25, 0.3) is 5.91 Å². The molecule has 0 radical (unpaired) electrons. The van der Waals surface area contributed by atoms with E-state index in [1.165, 1.54) is 12.1 Å². The molecule has 0 aliphatic rings. The van der Waals surface area contributed by atoms with Crippen LogP contribution >= 0.6 is 11.3 Å². The molecule has 0 bridgehead atoms. The van der Waals surface area contributed by atoms with Crippen molar-refractivity contribution in [1.82, 2.24) is 5.32 Å². The summed E-state index contributed by atoms with van der Waals surface area (Å²) in [6, 6.07) is 23.7. The van der Waals surface area contributed by atoms with Crippen LogP contribution in [-0.2, 0) is 4.79 Å². The second-order valence-electron chi connectivity index (χ2n) is 7.66. The van der Waals surface area contributed by atoms with Crippen molar-refractivity contribution in [3.63, 3.8) is 0 Å². The molecule has 1 unspecified atom stereocenters. The smallest absolute Gasteiger partial charge is 0.255 e. The van der Waals surface area contributed by atoms with E-state index in [9.17, 15) is 14.0 Å². The molecule has 35 heavy (non-hydrogen) atoms. The molecule has 8 heteroatoms. The molecule has 0 fully saturated rings. The van der Waals surface area contributed by atoms with Crippen LogP contribution in [0.1, 0.15) is 26.8 Å². The second kappa shape index (κ2) is 11.4. The number of methoxy groups -OCH3 is 1. The Kier molecular flexibility index (Phi) is 7.87. The van der Waals surface area contributed by atoms with Gasteiger partial charge in [-0.2, -0.15) is 0 Å². The first kappa shape index (κ1) is 24.1. The van der Waals surface area contributed by atoms with Gasteiger partial charge in [-0.3, -0.25) is 14.9 Å². The number of halogens is 1. The van der Waals surface area contributed by atoms with Gasteiger partial charge in [-0.1, -0.05) is 30.3 Å². The number of carbonyl (C=O) groups excluding carboxylic acids is 2. The third kappa shape index (κ3) is 6.32. The van der Waals surface area contributed by atoms with Crippen LogP contribution in [0.25, 0.3) is 0 Å². The van der Waals surface area contributed by atoms with Crippen LogP contribution < -0.4 is 20.7 Å². The number of nitrogens with one attached hydrogen (secondary N) is 3. The van der Waals surface area contributed by atoms with Gasteiger partial charge in [-0.15, -0.1) is 11.3 Å². The van der Waals surface area contributed by atoms with Crippen molar-refractivity contribution in [2.45, 2.75) is 6.04 Å². The highest BCUT2D eigenvalue weighted by atomic mass is 32.1. The second-order valence-corrected chi connectivity index (χ2v) is 8.64. The summed E-state index contributed by atoms with van der Waals surface area (Å²) in [5, 5.41) is 10.8. The highest BCUT2D eigenvalue weighted by Gasteiger charge is 2.17. The summed E-state index contributed by atoms with van der Waals surface area (Å²) >= 11 is 1.56. The minimum Gasteiger partial charge on any atom is -0.495 e. The lowest BCUT2D eigenvalue weighted by Crippen LogP contribution is -2.31. The lowest BCUT2D eigenvalue weighted by Gasteiger charge is -2.18. The summed E-state index contributed by atoms with van der Waals surface area (Å²) in [7, 11) is 1.54. The lowest BCUT2D eigenvalue weighted by molar-refractivity contribution is -0.115. The van der Waals surface area contributed by atoms with E-state index in [4.69, 9.17) is 4.74 Å². The van der Waals surface area contributed by atoms with Crippen LogP contribution in [0.4, 0.5) is 15.8 Å². The number of hydrogen-bond acceptors (Lipinski definition) is 5. The van der Waals surface area contributed by atoms with Gasteiger partial charge >= 0.3 is 0 Å². The van der Waals surface area contributed by atoms with Crippen molar-refractivity contribution in [3.05, 3.63) is 112 Å². The minimum atomic E-state index is -0.309. The zero-order chi connectivity index (χ0) is 24.6. The number of thiophene rings is 1. The lowest BCUT2D eigenvalue weighted by atomic mass is 10.1. The van der Waals surface area contributed by atoms with Crippen LogP contribution in [0.2, 0.25) is 0 Å². The van der Waals surface area contributed by atoms with Crippen LogP contribution in [0, 0.1) is 5.82 Å². The zero-order valence-corrected chi connectivity index (χ0v) is 19.8. The molecule has 0 aliphatic carbocycles. The van der Waals surface area contributed by atoms with Crippen molar-refractivity contribution < 1.29 is 18.7 Å². The first-order valence-electron chi connectivity index (χ1n) is 10.9. The molecule has 178 valence electrons. The number of ether oxygens (including phenoxy) is 1. The summed E-state index contributed by atoms with van der Waals surface area (Å²) in [5.74, 6) is -0.262. The molecule has 1 heterocycles. The number of anilines is 2. The molecule has 4 aromatic rings. The van der Waals surface area contributed by atoms with Gasteiger partial charge in [0.2, 0.25) is 5.91 Å². The van der Waals surface area contributed by atoms with E-state index in [2.05, 4.69) is 16.0 Å². The van der Waals surface area contributed by atoms with Crippen molar-refractivity contribution >= 4 is 34.5 Å². The number of para-hydroxylation sites is 2. The Morgan fingerprint density at radius 1 is 0.914 bits per heavy atom. The molecule has 4 rings (SSSR count). The Morgan fingerprint density at radius 2 is 1.66 bits per heavy atom. The number of hydrogen-bond donors (Lipinski definition) is 3. The van der Waals surface area contributed by atoms with Gasteiger partial charge in [-0.25, -0.2) is 4.39 Å². The predicted molar refractivity (Wildman–Crippen MR) is 137 cm³/mol. The zero-order valence-electron chi connectivity index (χ0n) is 19.0. The fourth-order valence-electron chi connectivity index (χ4n) is 3.54. The summed E-state index contributed by atoms with van der Waals surface area (Å²) in [6.45, 7) is 0.0516. The van der Waals surface area contributed by atoms with E-state index in [0.717, 1.165) is 10.4 Å². The number of amides is 2. The van der Waals surface area contributed by atoms with E-state index in [1.807, 2.05) is 29.6 Å². The summed E-state index contributed by atoms with van der Waals surface area (Å²) in [4.78, 5) is 26.2. The standard InChI is InChI=1S/C27H24FN3O3S/c1-34-23-6-3-2-5-22(23)31-27(33)19-10-14-21(15-11-19)30-25(32)17-29-26(24-7-4-16-35-24)18-8-12-20(28)13-9-18/h2-16,26,29H,17H2,1H3,(H,30,32)(H,31,33). The molecule has 1 atom stereocenters. The van der Waals surface area contributed by atoms with E-state index in [0.29, 0.717) is 22.7 Å². The molecule has 3 N–H and O–H groups in total. The molecule has 1 aromatic heterocycles. The van der Waals surface area contributed by atoms with Gasteiger partial charge in [0.1, 0.15) is 11.6 Å². The van der Waals surface area contributed by atoms with E-state index in [-0.39, 0.29) is 30.2 Å². The van der Waals surface area contributed by atoms with Crippen LogP contribution in [-0.4, -0.2) is 25.5 Å². The monoisotopic (exact) mass is 489 g/mol. The van der Waals surface area contributed by atoms with Gasteiger partial charge in [0, 0.05) is 16.1 Å². The quantitative estimate of drug-likeness (QED) is 0.292. The number of rotatable bonds is 9. The van der Waals surface area contributed by atoms with Gasteiger partial charge in [-0.05, 0) is 65.5 Å². The van der Waals surface area contributed by atoms with Crippen LogP contribution in [0.5, 0.6) is 5.75 Å². The van der Waals surface area contributed by atoms with Crippen LogP contribution in [0.3, 0.4) is 0 Å². The molecule has 0 saturated carbocycles. The Bertz CT molecular complexity index is 1280. The van der Waals surface area contributed by atoms with E-state index >= 15 is 0 Å². The van der Waals surface area contributed by atoms with Crippen molar-refractivity contribution in [2.75, 3.05) is 24.3 Å². The maximum Gasteiger partial charge on any atom is 0.255 e. The first-order valence-corrected chi connectivity index (χ1v) is 11.8. The third-order valence-corrected chi connectivity index (χ3v) is 6.22. The van der Waals surface area contributed by atoms with Crippen molar-refractivity contribution in [1.29, 1.82) is 0 Å². The average Bonchev–Trinajstić information content (AvgIpc) is 3.40. The Hall–Kier alpha value is -4.01. The third-order valence-electron chi connectivity index (χ3n) is 5.28. The van der Waals surface area contributed by atoms with Crippen molar-refractivity contribution in [3.8, 4) is 5.75 Å². The molecular weight excluding hydrogens is 465 g/mol. The predicted octanol–water partition coefficient (Wildman–Crippen LogP) is 5.47. The highest BCUT2D eigenvalue weighted by Crippen LogP contribution is 2.26. The normalized spacial score (nSPS) is 11.5. The minimum absolute atomic E-state index is 0.0516. The van der Waals surface area contributed by atoms with E-state index < -0.39 is 0 Å². The Labute approximate surface area is 206 Å². The highest BCUT2D eigenvalue weighted by molar-refractivity contribution is 7.10. The van der Waals surface area contributed by atoms with Crippen LogP contribution in [0.15, 0.2) is 90.3 Å². The molecule has 2 amide bonds.